The molecule has 2 N–H and O–H groups in total. The Kier molecular flexibility index (Phi) is 4.99. The van der Waals surface area contributed by atoms with Crippen molar-refractivity contribution in [3.8, 4) is 0 Å². The SMILES string of the molecule is Cc1cc(C)n(CCCNCC2(O)CCCCC2)n1. The standard InChI is InChI=1S/C15H27N3O/c1-13-11-14(2)18(17-13)10-6-9-16-12-15(19)7-4-3-5-8-15/h11,16,19H,3-10,12H2,1-2H3. The van der Waals surface area contributed by atoms with Crippen molar-refractivity contribution >= 4 is 0 Å². The number of aryl methyl sites for hydroxylation is 3. The second-order valence-electron chi connectivity index (χ2n) is 5.97. The van der Waals surface area contributed by atoms with E-state index in [9.17, 15) is 5.11 Å². The number of nitrogens with zero attached hydrogens (tertiary/aromatic N) is 2. The molecule has 2 rings (SSSR count). The summed E-state index contributed by atoms with van der Waals surface area (Å²) in [4.78, 5) is 0. The molecule has 1 aliphatic rings. The molecule has 0 saturated heterocycles. The summed E-state index contributed by atoms with van der Waals surface area (Å²) < 4.78 is 2.06. The third-order valence-electron chi connectivity index (χ3n) is 4.07. The smallest absolute Gasteiger partial charge is 0.0771 e. The predicted octanol–water partition coefficient (Wildman–Crippen LogP) is 2.17. The van der Waals surface area contributed by atoms with E-state index in [2.05, 4.69) is 28.1 Å². The van der Waals surface area contributed by atoms with E-state index in [0.717, 1.165) is 44.6 Å². The molecular weight excluding hydrogens is 238 g/mol. The predicted molar refractivity (Wildman–Crippen MR) is 77.2 cm³/mol. The fraction of sp³-hybridized carbons (Fsp3) is 0.800. The van der Waals surface area contributed by atoms with Crippen LogP contribution in [-0.2, 0) is 6.54 Å². The van der Waals surface area contributed by atoms with Crippen molar-refractivity contribution in [2.75, 3.05) is 13.1 Å². The number of hydrogen-bond donors (Lipinski definition) is 2. The molecule has 0 radical (unpaired) electrons. The molecule has 0 aromatic carbocycles. The Bertz CT molecular complexity index is 394. The quantitative estimate of drug-likeness (QED) is 0.775. The number of nitrogens with one attached hydrogen (secondary N) is 1. The van der Waals surface area contributed by atoms with Crippen LogP contribution in [0.15, 0.2) is 6.07 Å². The average Bonchev–Trinajstić information content (AvgIpc) is 2.68. The zero-order valence-electron chi connectivity index (χ0n) is 12.3. The molecule has 1 saturated carbocycles. The van der Waals surface area contributed by atoms with Gasteiger partial charge in [-0.3, -0.25) is 4.68 Å². The summed E-state index contributed by atoms with van der Waals surface area (Å²) in [7, 11) is 0. The minimum absolute atomic E-state index is 0.448. The Morgan fingerprint density at radius 2 is 2.05 bits per heavy atom. The molecule has 1 aromatic heterocycles. The van der Waals surface area contributed by atoms with E-state index in [-0.39, 0.29) is 0 Å². The largest absolute Gasteiger partial charge is 0.389 e. The maximum atomic E-state index is 10.4. The van der Waals surface area contributed by atoms with Crippen LogP contribution in [0, 0.1) is 13.8 Å². The Balaban J connectivity index is 1.63. The Morgan fingerprint density at radius 3 is 2.68 bits per heavy atom. The van der Waals surface area contributed by atoms with E-state index in [0.29, 0.717) is 0 Å². The van der Waals surface area contributed by atoms with Crippen LogP contribution in [0.4, 0.5) is 0 Å². The lowest BCUT2D eigenvalue weighted by Crippen LogP contribution is -2.42. The van der Waals surface area contributed by atoms with Gasteiger partial charge in [-0.05, 0) is 45.7 Å². The number of aromatic nitrogens is 2. The van der Waals surface area contributed by atoms with Gasteiger partial charge in [-0.15, -0.1) is 0 Å². The van der Waals surface area contributed by atoms with Crippen LogP contribution in [0.1, 0.15) is 49.9 Å². The van der Waals surface area contributed by atoms with Gasteiger partial charge in [0.05, 0.1) is 11.3 Å². The number of rotatable bonds is 6. The van der Waals surface area contributed by atoms with Crippen LogP contribution < -0.4 is 5.32 Å². The highest BCUT2D eigenvalue weighted by molar-refractivity contribution is 5.06. The van der Waals surface area contributed by atoms with Crippen LogP contribution in [0.3, 0.4) is 0 Å². The van der Waals surface area contributed by atoms with E-state index >= 15 is 0 Å². The number of hydrogen-bond acceptors (Lipinski definition) is 3. The fourth-order valence-corrected chi connectivity index (χ4v) is 2.96. The van der Waals surface area contributed by atoms with E-state index in [1.165, 1.54) is 25.0 Å². The van der Waals surface area contributed by atoms with Gasteiger partial charge in [0.1, 0.15) is 0 Å². The van der Waals surface area contributed by atoms with Crippen molar-refractivity contribution in [1.82, 2.24) is 15.1 Å². The molecule has 19 heavy (non-hydrogen) atoms. The zero-order chi connectivity index (χ0) is 13.7. The molecule has 0 unspecified atom stereocenters. The lowest BCUT2D eigenvalue weighted by atomic mass is 9.85. The van der Waals surface area contributed by atoms with E-state index in [1.807, 2.05) is 6.92 Å². The van der Waals surface area contributed by atoms with E-state index < -0.39 is 5.60 Å². The Morgan fingerprint density at radius 1 is 1.32 bits per heavy atom. The zero-order valence-corrected chi connectivity index (χ0v) is 12.3. The van der Waals surface area contributed by atoms with E-state index in [1.54, 1.807) is 0 Å². The van der Waals surface area contributed by atoms with Crippen LogP contribution in [0.5, 0.6) is 0 Å². The summed E-state index contributed by atoms with van der Waals surface area (Å²) in [5.74, 6) is 0. The topological polar surface area (TPSA) is 50.1 Å². The highest BCUT2D eigenvalue weighted by Crippen LogP contribution is 2.27. The maximum Gasteiger partial charge on any atom is 0.0771 e. The average molecular weight is 265 g/mol. The minimum atomic E-state index is -0.448. The van der Waals surface area contributed by atoms with Crippen LogP contribution in [0.25, 0.3) is 0 Å². The molecule has 1 aliphatic carbocycles. The van der Waals surface area contributed by atoms with Crippen LogP contribution in [-0.4, -0.2) is 33.6 Å². The molecule has 1 fully saturated rings. The molecule has 4 heteroatoms. The second kappa shape index (κ2) is 6.53. The third-order valence-corrected chi connectivity index (χ3v) is 4.07. The van der Waals surface area contributed by atoms with E-state index in [4.69, 9.17) is 0 Å². The fourth-order valence-electron chi connectivity index (χ4n) is 2.96. The summed E-state index contributed by atoms with van der Waals surface area (Å²) in [5, 5.41) is 18.2. The van der Waals surface area contributed by atoms with Gasteiger partial charge in [0.25, 0.3) is 0 Å². The van der Waals surface area contributed by atoms with Gasteiger partial charge in [-0.25, -0.2) is 0 Å². The molecule has 1 aromatic rings. The maximum absolute atomic E-state index is 10.4. The molecule has 0 spiro atoms. The van der Waals surface area contributed by atoms with Gasteiger partial charge >= 0.3 is 0 Å². The summed E-state index contributed by atoms with van der Waals surface area (Å²) >= 11 is 0. The van der Waals surface area contributed by atoms with Gasteiger partial charge in [0.2, 0.25) is 0 Å². The highest BCUT2D eigenvalue weighted by Gasteiger charge is 2.28. The van der Waals surface area contributed by atoms with Crippen LogP contribution >= 0.6 is 0 Å². The molecule has 1 heterocycles. The summed E-state index contributed by atoms with van der Waals surface area (Å²) in [5.41, 5.74) is 1.86. The van der Waals surface area contributed by atoms with Gasteiger partial charge in [0, 0.05) is 18.8 Å². The first kappa shape index (κ1) is 14.5. The van der Waals surface area contributed by atoms with Gasteiger partial charge < -0.3 is 10.4 Å². The van der Waals surface area contributed by atoms with Gasteiger partial charge in [-0.1, -0.05) is 19.3 Å². The normalized spacial score (nSPS) is 18.7. The van der Waals surface area contributed by atoms with Crippen molar-refractivity contribution in [2.45, 2.75) is 64.5 Å². The molecular formula is C15H27N3O. The summed E-state index contributed by atoms with van der Waals surface area (Å²) in [6.45, 7) is 6.76. The molecule has 0 bridgehead atoms. The molecule has 108 valence electrons. The van der Waals surface area contributed by atoms with Crippen molar-refractivity contribution in [3.05, 3.63) is 17.5 Å². The number of aliphatic hydroxyl groups is 1. The second-order valence-corrected chi connectivity index (χ2v) is 5.97. The molecule has 0 aliphatic heterocycles. The van der Waals surface area contributed by atoms with Gasteiger partial charge in [-0.2, -0.15) is 5.10 Å². The Labute approximate surface area is 116 Å². The monoisotopic (exact) mass is 265 g/mol. The first-order chi connectivity index (χ1) is 9.09. The molecule has 4 nitrogen and oxygen atoms in total. The summed E-state index contributed by atoms with van der Waals surface area (Å²) in [6, 6.07) is 2.11. The van der Waals surface area contributed by atoms with Crippen molar-refractivity contribution in [3.63, 3.8) is 0 Å². The first-order valence-electron chi connectivity index (χ1n) is 7.53. The third kappa shape index (κ3) is 4.32. The van der Waals surface area contributed by atoms with Crippen molar-refractivity contribution in [1.29, 1.82) is 0 Å². The lowest BCUT2D eigenvalue weighted by Gasteiger charge is -2.32. The highest BCUT2D eigenvalue weighted by atomic mass is 16.3. The Hall–Kier alpha value is -0.870. The van der Waals surface area contributed by atoms with Crippen LogP contribution in [0.2, 0.25) is 0 Å². The lowest BCUT2D eigenvalue weighted by molar-refractivity contribution is 0.00500. The first-order valence-corrected chi connectivity index (χ1v) is 7.53. The minimum Gasteiger partial charge on any atom is -0.389 e. The summed E-state index contributed by atoms with van der Waals surface area (Å²) in [6.07, 6.45) is 6.58. The molecule has 0 atom stereocenters. The van der Waals surface area contributed by atoms with Gasteiger partial charge in [0.15, 0.2) is 0 Å². The molecule has 0 amide bonds. The van der Waals surface area contributed by atoms with Crippen molar-refractivity contribution < 1.29 is 5.11 Å². The van der Waals surface area contributed by atoms with Crippen molar-refractivity contribution in [2.24, 2.45) is 0 Å².